The number of urea groups is 1. The van der Waals surface area contributed by atoms with Crippen molar-refractivity contribution in [3.63, 3.8) is 0 Å². The number of rotatable bonds is 7. The van der Waals surface area contributed by atoms with Gasteiger partial charge in [0.1, 0.15) is 0 Å². The van der Waals surface area contributed by atoms with Gasteiger partial charge in [-0.2, -0.15) is 11.8 Å². The Morgan fingerprint density at radius 3 is 2.82 bits per heavy atom. The second kappa shape index (κ2) is 10.2. The van der Waals surface area contributed by atoms with Crippen molar-refractivity contribution in [3.8, 4) is 0 Å². The van der Waals surface area contributed by atoms with Gasteiger partial charge < -0.3 is 15.4 Å². The standard InChI is InChI=1S/C21H33N3O2S2/c1-4-17(3)28-18-5-6-19(16(2)13-18)23-20(25)22-14-21(7-12-27-15-21)24-8-10-26-11-9-24/h5-6,13,17H,4,7-12,14-15H2,1-3H3,(H2,22,23,25). The number of hydrogen-bond donors (Lipinski definition) is 2. The topological polar surface area (TPSA) is 53.6 Å². The van der Waals surface area contributed by atoms with Crippen LogP contribution in [0.15, 0.2) is 23.1 Å². The molecule has 0 spiro atoms. The third-order valence-electron chi connectivity index (χ3n) is 5.70. The van der Waals surface area contributed by atoms with Crippen LogP contribution in [0.4, 0.5) is 10.5 Å². The van der Waals surface area contributed by atoms with Crippen molar-refractivity contribution < 1.29 is 9.53 Å². The molecule has 156 valence electrons. The fourth-order valence-electron chi connectivity index (χ4n) is 3.71. The molecule has 2 fully saturated rings. The number of nitrogens with one attached hydrogen (secondary N) is 2. The highest BCUT2D eigenvalue weighted by Crippen LogP contribution is 2.33. The van der Waals surface area contributed by atoms with E-state index in [2.05, 4.69) is 48.4 Å². The highest BCUT2D eigenvalue weighted by molar-refractivity contribution is 8.00. The summed E-state index contributed by atoms with van der Waals surface area (Å²) in [5.41, 5.74) is 2.05. The molecule has 0 radical (unpaired) electrons. The monoisotopic (exact) mass is 423 g/mol. The largest absolute Gasteiger partial charge is 0.379 e. The second-order valence-corrected chi connectivity index (χ2v) is 10.4. The Hall–Kier alpha value is -0.890. The molecule has 5 nitrogen and oxygen atoms in total. The van der Waals surface area contributed by atoms with E-state index in [1.54, 1.807) is 0 Å². The summed E-state index contributed by atoms with van der Waals surface area (Å²) in [6, 6.07) is 6.16. The molecular formula is C21H33N3O2S2. The van der Waals surface area contributed by atoms with Crippen molar-refractivity contribution >= 4 is 35.2 Å². The van der Waals surface area contributed by atoms with E-state index < -0.39 is 0 Å². The number of morpholine rings is 1. The van der Waals surface area contributed by atoms with Gasteiger partial charge in [-0.1, -0.05) is 13.8 Å². The van der Waals surface area contributed by atoms with E-state index in [0.717, 1.165) is 61.9 Å². The van der Waals surface area contributed by atoms with E-state index in [1.807, 2.05) is 29.6 Å². The van der Waals surface area contributed by atoms with Gasteiger partial charge in [0.05, 0.1) is 13.2 Å². The second-order valence-electron chi connectivity index (χ2n) is 7.75. The lowest BCUT2D eigenvalue weighted by Crippen LogP contribution is -2.59. The molecule has 2 atom stereocenters. The molecule has 0 aromatic heterocycles. The number of thioether (sulfide) groups is 2. The van der Waals surface area contributed by atoms with Crippen molar-refractivity contribution in [1.29, 1.82) is 0 Å². The van der Waals surface area contributed by atoms with E-state index in [9.17, 15) is 4.79 Å². The SMILES string of the molecule is CCC(C)Sc1ccc(NC(=O)NCC2(N3CCOCC3)CCSC2)c(C)c1. The van der Waals surface area contributed by atoms with Gasteiger partial charge in [-0.15, -0.1) is 11.8 Å². The van der Waals surface area contributed by atoms with Crippen LogP contribution in [-0.2, 0) is 4.74 Å². The van der Waals surface area contributed by atoms with Crippen LogP contribution in [0, 0.1) is 6.92 Å². The van der Waals surface area contributed by atoms with Crippen LogP contribution in [-0.4, -0.2) is 66.1 Å². The summed E-state index contributed by atoms with van der Waals surface area (Å²) in [5.74, 6) is 2.24. The van der Waals surface area contributed by atoms with E-state index in [4.69, 9.17) is 4.74 Å². The summed E-state index contributed by atoms with van der Waals surface area (Å²) in [7, 11) is 0. The molecule has 7 heteroatoms. The first-order valence-corrected chi connectivity index (χ1v) is 12.3. The van der Waals surface area contributed by atoms with Gasteiger partial charge in [0.15, 0.2) is 0 Å². The van der Waals surface area contributed by atoms with Crippen molar-refractivity contribution in [2.75, 3.05) is 49.7 Å². The Morgan fingerprint density at radius 1 is 1.39 bits per heavy atom. The molecule has 28 heavy (non-hydrogen) atoms. The molecule has 1 aromatic carbocycles. The molecule has 3 rings (SSSR count). The number of hydrogen-bond acceptors (Lipinski definition) is 5. The Balaban J connectivity index is 1.56. The summed E-state index contributed by atoms with van der Waals surface area (Å²) in [5, 5.41) is 6.78. The quantitative estimate of drug-likeness (QED) is 0.643. The molecule has 2 amide bonds. The van der Waals surface area contributed by atoms with E-state index in [1.165, 1.54) is 4.90 Å². The number of benzene rings is 1. The minimum atomic E-state index is -0.116. The molecule has 2 saturated heterocycles. The van der Waals surface area contributed by atoms with Crippen LogP contribution in [0.2, 0.25) is 0 Å². The maximum Gasteiger partial charge on any atom is 0.319 e. The maximum atomic E-state index is 12.6. The van der Waals surface area contributed by atoms with Crippen LogP contribution in [0.1, 0.15) is 32.3 Å². The van der Waals surface area contributed by atoms with Crippen LogP contribution in [0.3, 0.4) is 0 Å². The first-order valence-electron chi connectivity index (χ1n) is 10.2. The molecule has 2 unspecified atom stereocenters. The molecule has 2 aliphatic heterocycles. The van der Waals surface area contributed by atoms with Gasteiger partial charge in [0, 0.05) is 46.8 Å². The average Bonchev–Trinajstić information content (AvgIpc) is 3.19. The minimum Gasteiger partial charge on any atom is -0.379 e. The smallest absolute Gasteiger partial charge is 0.319 e. The molecule has 0 saturated carbocycles. The molecule has 1 aromatic rings. The van der Waals surface area contributed by atoms with Crippen LogP contribution in [0.25, 0.3) is 0 Å². The van der Waals surface area contributed by atoms with Gasteiger partial charge in [-0.3, -0.25) is 4.90 Å². The lowest BCUT2D eigenvalue weighted by molar-refractivity contribution is -0.0123. The normalized spacial score (nSPS) is 24.1. The molecule has 2 N–H and O–H groups in total. The zero-order chi connectivity index (χ0) is 20.0. The molecule has 2 heterocycles. The van der Waals surface area contributed by atoms with Crippen molar-refractivity contribution in [2.45, 2.75) is 49.3 Å². The van der Waals surface area contributed by atoms with E-state index in [0.29, 0.717) is 11.8 Å². The Bertz CT molecular complexity index is 659. The molecule has 0 aliphatic carbocycles. The minimum absolute atomic E-state index is 0.0671. The first-order chi connectivity index (χ1) is 13.5. The molecular weight excluding hydrogens is 390 g/mol. The molecule has 2 aliphatic rings. The Kier molecular flexibility index (Phi) is 7.97. The summed E-state index contributed by atoms with van der Waals surface area (Å²) < 4.78 is 5.51. The van der Waals surface area contributed by atoms with Crippen molar-refractivity contribution in [1.82, 2.24) is 10.2 Å². The van der Waals surface area contributed by atoms with Crippen LogP contribution >= 0.6 is 23.5 Å². The highest BCUT2D eigenvalue weighted by atomic mass is 32.2. The maximum absolute atomic E-state index is 12.6. The van der Waals surface area contributed by atoms with E-state index >= 15 is 0 Å². The summed E-state index contributed by atoms with van der Waals surface area (Å²) in [6.07, 6.45) is 2.27. The number of amides is 2. The van der Waals surface area contributed by atoms with Gasteiger partial charge in [-0.05, 0) is 49.3 Å². The number of ether oxygens (including phenoxy) is 1. The fraction of sp³-hybridized carbons (Fsp3) is 0.667. The number of nitrogens with zero attached hydrogens (tertiary/aromatic N) is 1. The van der Waals surface area contributed by atoms with Gasteiger partial charge >= 0.3 is 6.03 Å². The number of anilines is 1. The third-order valence-corrected chi connectivity index (χ3v) is 8.20. The number of carbonyl (C=O) groups is 1. The number of carbonyl (C=O) groups excluding carboxylic acids is 1. The van der Waals surface area contributed by atoms with Crippen molar-refractivity contribution in [2.24, 2.45) is 0 Å². The lowest BCUT2D eigenvalue weighted by Gasteiger charge is -2.43. The van der Waals surface area contributed by atoms with Gasteiger partial charge in [-0.25, -0.2) is 4.79 Å². The summed E-state index contributed by atoms with van der Waals surface area (Å²) >= 11 is 3.87. The summed E-state index contributed by atoms with van der Waals surface area (Å²) in [4.78, 5) is 16.4. The predicted molar refractivity (Wildman–Crippen MR) is 121 cm³/mol. The predicted octanol–water partition coefficient (Wildman–Crippen LogP) is 4.22. The molecule has 0 bridgehead atoms. The fourth-order valence-corrected chi connectivity index (χ4v) is 6.21. The zero-order valence-electron chi connectivity index (χ0n) is 17.3. The van der Waals surface area contributed by atoms with Crippen molar-refractivity contribution in [3.05, 3.63) is 23.8 Å². The van der Waals surface area contributed by atoms with Crippen LogP contribution < -0.4 is 10.6 Å². The zero-order valence-corrected chi connectivity index (χ0v) is 18.9. The Morgan fingerprint density at radius 2 is 2.18 bits per heavy atom. The van der Waals surface area contributed by atoms with E-state index in [-0.39, 0.29) is 11.6 Å². The lowest BCUT2D eigenvalue weighted by atomic mass is 9.95. The first kappa shape index (κ1) is 21.8. The average molecular weight is 424 g/mol. The summed E-state index contributed by atoms with van der Waals surface area (Å²) in [6.45, 7) is 10.7. The van der Waals surface area contributed by atoms with Crippen LogP contribution in [0.5, 0.6) is 0 Å². The highest BCUT2D eigenvalue weighted by Gasteiger charge is 2.40. The third kappa shape index (κ3) is 5.59. The van der Waals surface area contributed by atoms with Gasteiger partial charge in [0.2, 0.25) is 0 Å². The number of aryl methyl sites for hydroxylation is 1. The van der Waals surface area contributed by atoms with Gasteiger partial charge in [0.25, 0.3) is 0 Å². The Labute approximate surface area is 177 Å².